The summed E-state index contributed by atoms with van der Waals surface area (Å²) in [5.74, 6) is 0. The summed E-state index contributed by atoms with van der Waals surface area (Å²) >= 11 is 5.70. The zero-order valence-corrected chi connectivity index (χ0v) is 8.11. The molecule has 0 radical (unpaired) electrons. The Labute approximate surface area is 83.6 Å². The molecule has 0 atom stereocenters. The molecule has 0 saturated carbocycles. The molecule has 1 aromatic carbocycles. The van der Waals surface area contributed by atoms with Crippen LogP contribution in [-0.4, -0.2) is 6.54 Å². The zero-order chi connectivity index (χ0) is 8.10. The third kappa shape index (κ3) is 3.77. The molecule has 0 aromatic heterocycles. The maximum Gasteiger partial charge on any atom is 0.0406 e. The molecule has 0 aliphatic heterocycles. The van der Waals surface area contributed by atoms with Crippen LogP contribution in [0.15, 0.2) is 30.3 Å². The number of rotatable bonds is 2. The molecule has 1 aromatic rings. The molecule has 0 unspecified atom stereocenters. The minimum Gasteiger partial charge on any atom is -0.327 e. The molecule has 0 bridgehead atoms. The van der Waals surface area contributed by atoms with Crippen molar-refractivity contribution in [3.05, 3.63) is 40.9 Å². The van der Waals surface area contributed by atoms with Crippen LogP contribution in [0.2, 0.25) is 5.02 Å². The van der Waals surface area contributed by atoms with Gasteiger partial charge in [0, 0.05) is 11.6 Å². The third-order valence-electron chi connectivity index (χ3n) is 1.32. The fraction of sp³-hybridized carbons (Fsp3) is 0.111. The van der Waals surface area contributed by atoms with Crippen LogP contribution in [0.5, 0.6) is 0 Å². The van der Waals surface area contributed by atoms with Crippen molar-refractivity contribution in [1.29, 1.82) is 0 Å². The van der Waals surface area contributed by atoms with Gasteiger partial charge in [0.2, 0.25) is 0 Å². The standard InChI is InChI=1S/C9H10ClN.ClH/c10-9-5-3-8(4-6-9)2-1-7-11;/h1-6H,7,11H2;1H. The number of benzene rings is 1. The Morgan fingerprint density at radius 1 is 1.25 bits per heavy atom. The average Bonchev–Trinajstić information content (AvgIpc) is 2.04. The summed E-state index contributed by atoms with van der Waals surface area (Å²) in [6.45, 7) is 0.572. The molecule has 2 N–H and O–H groups in total. The minimum atomic E-state index is 0. The normalized spacial score (nSPS) is 9.83. The summed E-state index contributed by atoms with van der Waals surface area (Å²) in [6, 6.07) is 7.62. The Kier molecular flexibility index (Phi) is 5.81. The molecule has 1 rings (SSSR count). The highest BCUT2D eigenvalue weighted by atomic mass is 35.5. The molecule has 0 fully saturated rings. The zero-order valence-electron chi connectivity index (χ0n) is 6.53. The first kappa shape index (κ1) is 11.5. The first-order valence-electron chi connectivity index (χ1n) is 3.45. The van der Waals surface area contributed by atoms with E-state index in [0.29, 0.717) is 6.54 Å². The summed E-state index contributed by atoms with van der Waals surface area (Å²) in [6.07, 6.45) is 3.87. The highest BCUT2D eigenvalue weighted by Crippen LogP contribution is 2.10. The van der Waals surface area contributed by atoms with Gasteiger partial charge >= 0.3 is 0 Å². The predicted molar refractivity (Wildman–Crippen MR) is 56.8 cm³/mol. The van der Waals surface area contributed by atoms with E-state index >= 15 is 0 Å². The van der Waals surface area contributed by atoms with Crippen molar-refractivity contribution in [2.45, 2.75) is 0 Å². The lowest BCUT2D eigenvalue weighted by atomic mass is 10.2. The molecule has 0 saturated heterocycles. The van der Waals surface area contributed by atoms with E-state index in [0.717, 1.165) is 10.6 Å². The van der Waals surface area contributed by atoms with Crippen LogP contribution in [0.3, 0.4) is 0 Å². The van der Waals surface area contributed by atoms with Crippen LogP contribution >= 0.6 is 24.0 Å². The maximum atomic E-state index is 5.70. The molecule has 0 aliphatic carbocycles. The minimum absolute atomic E-state index is 0. The van der Waals surface area contributed by atoms with E-state index < -0.39 is 0 Å². The molecule has 66 valence electrons. The molecule has 3 heteroatoms. The molecule has 0 spiro atoms. The highest BCUT2D eigenvalue weighted by Gasteiger charge is 1.85. The topological polar surface area (TPSA) is 26.0 Å². The van der Waals surface area contributed by atoms with E-state index in [2.05, 4.69) is 0 Å². The molecule has 0 aliphatic rings. The van der Waals surface area contributed by atoms with Gasteiger partial charge in [-0.05, 0) is 17.7 Å². The van der Waals surface area contributed by atoms with Gasteiger partial charge in [0.25, 0.3) is 0 Å². The Morgan fingerprint density at radius 3 is 2.33 bits per heavy atom. The van der Waals surface area contributed by atoms with Crippen molar-refractivity contribution in [2.75, 3.05) is 6.54 Å². The lowest BCUT2D eigenvalue weighted by Gasteiger charge is -1.91. The SMILES string of the molecule is Cl.NCC=Cc1ccc(Cl)cc1. The summed E-state index contributed by atoms with van der Waals surface area (Å²) in [4.78, 5) is 0. The van der Waals surface area contributed by atoms with E-state index in [9.17, 15) is 0 Å². The van der Waals surface area contributed by atoms with Crippen molar-refractivity contribution >= 4 is 30.1 Å². The molecule has 0 heterocycles. The Morgan fingerprint density at radius 2 is 1.83 bits per heavy atom. The number of hydrogen-bond acceptors (Lipinski definition) is 1. The quantitative estimate of drug-likeness (QED) is 0.787. The summed E-state index contributed by atoms with van der Waals surface area (Å²) in [7, 11) is 0. The van der Waals surface area contributed by atoms with Gasteiger partial charge in [-0.1, -0.05) is 35.9 Å². The summed E-state index contributed by atoms with van der Waals surface area (Å²) in [5.41, 5.74) is 6.42. The van der Waals surface area contributed by atoms with Crippen LogP contribution < -0.4 is 5.73 Å². The molecular formula is C9H11Cl2N. The molecule has 1 nitrogen and oxygen atoms in total. The van der Waals surface area contributed by atoms with Gasteiger partial charge < -0.3 is 5.73 Å². The number of hydrogen-bond donors (Lipinski definition) is 1. The van der Waals surface area contributed by atoms with Crippen molar-refractivity contribution < 1.29 is 0 Å². The average molecular weight is 204 g/mol. The lowest BCUT2D eigenvalue weighted by Crippen LogP contribution is -1.91. The monoisotopic (exact) mass is 203 g/mol. The third-order valence-corrected chi connectivity index (χ3v) is 1.57. The summed E-state index contributed by atoms with van der Waals surface area (Å²) in [5, 5.41) is 0.759. The Hall–Kier alpha value is -0.500. The summed E-state index contributed by atoms with van der Waals surface area (Å²) < 4.78 is 0. The first-order chi connectivity index (χ1) is 5.33. The van der Waals surface area contributed by atoms with Crippen LogP contribution in [0.4, 0.5) is 0 Å². The maximum absolute atomic E-state index is 5.70. The second-order valence-electron chi connectivity index (χ2n) is 2.19. The highest BCUT2D eigenvalue weighted by molar-refractivity contribution is 6.30. The second kappa shape index (κ2) is 6.06. The van der Waals surface area contributed by atoms with Gasteiger partial charge in [0.1, 0.15) is 0 Å². The van der Waals surface area contributed by atoms with Gasteiger partial charge in [-0.2, -0.15) is 0 Å². The van der Waals surface area contributed by atoms with E-state index in [-0.39, 0.29) is 12.4 Å². The Bertz CT molecular complexity index is 241. The van der Waals surface area contributed by atoms with Gasteiger partial charge in [-0.25, -0.2) is 0 Å². The Balaban J connectivity index is 0.00000121. The largest absolute Gasteiger partial charge is 0.327 e. The molecule has 12 heavy (non-hydrogen) atoms. The van der Waals surface area contributed by atoms with Gasteiger partial charge in [0.05, 0.1) is 0 Å². The smallest absolute Gasteiger partial charge is 0.0406 e. The lowest BCUT2D eigenvalue weighted by molar-refractivity contribution is 1.26. The van der Waals surface area contributed by atoms with Gasteiger partial charge in [-0.15, -0.1) is 12.4 Å². The van der Waals surface area contributed by atoms with Crippen LogP contribution in [-0.2, 0) is 0 Å². The van der Waals surface area contributed by atoms with E-state index in [4.69, 9.17) is 17.3 Å². The van der Waals surface area contributed by atoms with Crippen molar-refractivity contribution in [3.8, 4) is 0 Å². The predicted octanol–water partition coefficient (Wildman–Crippen LogP) is 2.73. The fourth-order valence-electron chi connectivity index (χ4n) is 0.778. The van der Waals surface area contributed by atoms with E-state index in [1.54, 1.807) is 0 Å². The fourth-order valence-corrected chi connectivity index (χ4v) is 0.904. The molecule has 0 amide bonds. The first-order valence-corrected chi connectivity index (χ1v) is 3.83. The van der Waals surface area contributed by atoms with Crippen LogP contribution in [0, 0.1) is 0 Å². The second-order valence-corrected chi connectivity index (χ2v) is 2.63. The van der Waals surface area contributed by atoms with Crippen molar-refractivity contribution in [2.24, 2.45) is 5.73 Å². The van der Waals surface area contributed by atoms with E-state index in [1.165, 1.54) is 0 Å². The number of halogens is 2. The van der Waals surface area contributed by atoms with Crippen molar-refractivity contribution in [1.82, 2.24) is 0 Å². The molecular weight excluding hydrogens is 193 g/mol. The number of nitrogens with two attached hydrogens (primary N) is 1. The van der Waals surface area contributed by atoms with Crippen LogP contribution in [0.25, 0.3) is 6.08 Å². The van der Waals surface area contributed by atoms with E-state index in [1.807, 2.05) is 36.4 Å². The van der Waals surface area contributed by atoms with Crippen LogP contribution in [0.1, 0.15) is 5.56 Å². The van der Waals surface area contributed by atoms with Gasteiger partial charge in [0.15, 0.2) is 0 Å². The van der Waals surface area contributed by atoms with Gasteiger partial charge in [-0.3, -0.25) is 0 Å². The van der Waals surface area contributed by atoms with Crippen molar-refractivity contribution in [3.63, 3.8) is 0 Å².